The van der Waals surface area contributed by atoms with Crippen LogP contribution in [0.5, 0.6) is 0 Å². The average Bonchev–Trinajstić information content (AvgIpc) is 2.29. The van der Waals surface area contributed by atoms with Gasteiger partial charge in [0.15, 0.2) is 0 Å². The van der Waals surface area contributed by atoms with Crippen LogP contribution in [0.2, 0.25) is 0 Å². The third-order valence-corrected chi connectivity index (χ3v) is 2.47. The van der Waals surface area contributed by atoms with E-state index in [2.05, 4.69) is 10.3 Å². The number of carboxylic acid groups (broad SMARTS) is 1. The van der Waals surface area contributed by atoms with Gasteiger partial charge in [-0.15, -0.1) is 0 Å². The van der Waals surface area contributed by atoms with Crippen LogP contribution in [0.1, 0.15) is 30.8 Å². The summed E-state index contributed by atoms with van der Waals surface area (Å²) in [6.07, 6.45) is 1.79. The molecule has 0 aromatic carbocycles. The van der Waals surface area contributed by atoms with E-state index in [-0.39, 0.29) is 5.69 Å². The second kappa shape index (κ2) is 4.74. The van der Waals surface area contributed by atoms with Crippen molar-refractivity contribution in [3.63, 3.8) is 0 Å². The molecule has 5 nitrogen and oxygen atoms in total. The van der Waals surface area contributed by atoms with Crippen LogP contribution < -0.4 is 5.32 Å². The van der Waals surface area contributed by atoms with Gasteiger partial charge in [-0.25, -0.2) is 4.79 Å². The molecule has 1 rings (SSSR count). The lowest BCUT2D eigenvalue weighted by Crippen LogP contribution is -2.51. The molecule has 1 amide bonds. The molecular weight excluding hydrogens is 208 g/mol. The van der Waals surface area contributed by atoms with E-state index >= 15 is 0 Å². The van der Waals surface area contributed by atoms with Crippen molar-refractivity contribution in [2.24, 2.45) is 0 Å². The van der Waals surface area contributed by atoms with Crippen molar-refractivity contribution in [1.29, 1.82) is 0 Å². The first kappa shape index (κ1) is 12.2. The number of carboxylic acids is 1. The molecule has 1 atom stereocenters. The number of carbonyl (C=O) groups excluding carboxylic acids is 1. The van der Waals surface area contributed by atoms with Gasteiger partial charge in [0.25, 0.3) is 5.91 Å². The van der Waals surface area contributed by atoms with E-state index in [1.807, 2.05) is 0 Å². The lowest BCUT2D eigenvalue weighted by atomic mass is 9.99. The second-order valence-corrected chi connectivity index (χ2v) is 3.66. The number of hydrogen-bond acceptors (Lipinski definition) is 3. The minimum absolute atomic E-state index is 0.212. The van der Waals surface area contributed by atoms with Crippen LogP contribution in [-0.2, 0) is 4.79 Å². The van der Waals surface area contributed by atoms with Gasteiger partial charge in [0.2, 0.25) is 0 Å². The summed E-state index contributed by atoms with van der Waals surface area (Å²) in [5, 5.41) is 11.5. The van der Waals surface area contributed by atoms with Gasteiger partial charge in [0.1, 0.15) is 11.2 Å². The van der Waals surface area contributed by atoms with Gasteiger partial charge in [0, 0.05) is 6.20 Å². The highest BCUT2D eigenvalue weighted by molar-refractivity contribution is 5.96. The molecule has 1 aromatic heterocycles. The molecule has 86 valence electrons. The molecule has 0 fully saturated rings. The van der Waals surface area contributed by atoms with Gasteiger partial charge in [-0.3, -0.25) is 9.78 Å². The molecule has 0 aliphatic carbocycles. The lowest BCUT2D eigenvalue weighted by molar-refractivity contribution is -0.143. The zero-order chi connectivity index (χ0) is 12.2. The van der Waals surface area contributed by atoms with Crippen LogP contribution in [0.4, 0.5) is 0 Å². The molecule has 16 heavy (non-hydrogen) atoms. The van der Waals surface area contributed by atoms with Crippen molar-refractivity contribution in [2.45, 2.75) is 25.8 Å². The van der Waals surface area contributed by atoms with Crippen molar-refractivity contribution in [2.75, 3.05) is 0 Å². The Hall–Kier alpha value is -1.91. The maximum absolute atomic E-state index is 11.7. The highest BCUT2D eigenvalue weighted by Crippen LogP contribution is 2.10. The maximum Gasteiger partial charge on any atom is 0.329 e. The predicted molar refractivity (Wildman–Crippen MR) is 58.0 cm³/mol. The predicted octanol–water partition coefficient (Wildman–Crippen LogP) is 1.06. The zero-order valence-corrected chi connectivity index (χ0v) is 9.23. The van der Waals surface area contributed by atoms with Crippen LogP contribution in [0.3, 0.4) is 0 Å². The first-order valence-corrected chi connectivity index (χ1v) is 4.96. The van der Waals surface area contributed by atoms with E-state index in [1.165, 1.54) is 19.2 Å². The van der Waals surface area contributed by atoms with Gasteiger partial charge >= 0.3 is 5.97 Å². The quantitative estimate of drug-likeness (QED) is 0.798. The Morgan fingerprint density at radius 3 is 2.62 bits per heavy atom. The molecule has 0 bridgehead atoms. The first-order chi connectivity index (χ1) is 7.49. The summed E-state index contributed by atoms with van der Waals surface area (Å²) in [5.41, 5.74) is -1.04. The molecule has 0 aliphatic rings. The largest absolute Gasteiger partial charge is 0.480 e. The van der Waals surface area contributed by atoms with Crippen LogP contribution >= 0.6 is 0 Å². The summed E-state index contributed by atoms with van der Waals surface area (Å²) < 4.78 is 0. The Balaban J connectivity index is 2.82. The highest BCUT2D eigenvalue weighted by Gasteiger charge is 2.33. The standard InChI is InChI=1S/C11H14N2O3/c1-3-11(2,10(15)16)13-9(14)8-6-4-5-7-12-8/h4-7H,3H2,1-2H3,(H,13,14)(H,15,16). The number of nitrogens with zero attached hydrogens (tertiary/aromatic N) is 1. The smallest absolute Gasteiger partial charge is 0.329 e. The Kier molecular flexibility index (Phi) is 3.60. The molecule has 0 radical (unpaired) electrons. The zero-order valence-electron chi connectivity index (χ0n) is 9.23. The van der Waals surface area contributed by atoms with E-state index in [9.17, 15) is 9.59 Å². The van der Waals surface area contributed by atoms with Gasteiger partial charge in [0.05, 0.1) is 0 Å². The van der Waals surface area contributed by atoms with Crippen molar-refractivity contribution in [3.8, 4) is 0 Å². The molecule has 2 N–H and O–H groups in total. The molecule has 0 saturated carbocycles. The summed E-state index contributed by atoms with van der Waals surface area (Å²) in [4.78, 5) is 26.5. The Morgan fingerprint density at radius 1 is 1.50 bits per heavy atom. The molecule has 5 heteroatoms. The molecule has 1 aromatic rings. The topological polar surface area (TPSA) is 79.3 Å². The van der Waals surface area contributed by atoms with Gasteiger partial charge in [-0.1, -0.05) is 13.0 Å². The second-order valence-electron chi connectivity index (χ2n) is 3.66. The van der Waals surface area contributed by atoms with Gasteiger partial charge in [-0.2, -0.15) is 0 Å². The van der Waals surface area contributed by atoms with Crippen LogP contribution in [-0.4, -0.2) is 27.5 Å². The monoisotopic (exact) mass is 222 g/mol. The fraction of sp³-hybridized carbons (Fsp3) is 0.364. The number of amides is 1. The van der Waals surface area contributed by atoms with Gasteiger partial charge < -0.3 is 10.4 Å². The van der Waals surface area contributed by atoms with Gasteiger partial charge in [-0.05, 0) is 25.5 Å². The number of hydrogen-bond donors (Lipinski definition) is 2. The number of nitrogens with one attached hydrogen (secondary N) is 1. The summed E-state index contributed by atoms with van der Waals surface area (Å²) in [6.45, 7) is 3.17. The number of carbonyl (C=O) groups is 2. The third-order valence-electron chi connectivity index (χ3n) is 2.47. The normalized spacial score (nSPS) is 13.9. The summed E-state index contributed by atoms with van der Waals surface area (Å²) in [7, 11) is 0. The van der Waals surface area contributed by atoms with E-state index in [1.54, 1.807) is 19.1 Å². The van der Waals surface area contributed by atoms with Crippen LogP contribution in [0, 0.1) is 0 Å². The molecule has 1 unspecified atom stereocenters. The number of pyridine rings is 1. The molecule has 0 saturated heterocycles. The molecular formula is C11H14N2O3. The minimum Gasteiger partial charge on any atom is -0.480 e. The van der Waals surface area contributed by atoms with Crippen LogP contribution in [0.15, 0.2) is 24.4 Å². The Labute approximate surface area is 93.5 Å². The molecule has 1 heterocycles. The van der Waals surface area contributed by atoms with E-state index in [0.29, 0.717) is 6.42 Å². The number of rotatable bonds is 4. The average molecular weight is 222 g/mol. The first-order valence-electron chi connectivity index (χ1n) is 4.96. The fourth-order valence-corrected chi connectivity index (χ4v) is 1.10. The van der Waals surface area contributed by atoms with Crippen molar-refractivity contribution in [1.82, 2.24) is 10.3 Å². The van der Waals surface area contributed by atoms with E-state index in [0.717, 1.165) is 0 Å². The van der Waals surface area contributed by atoms with Crippen molar-refractivity contribution >= 4 is 11.9 Å². The Morgan fingerprint density at radius 2 is 2.19 bits per heavy atom. The molecule has 0 spiro atoms. The van der Waals surface area contributed by atoms with Crippen LogP contribution in [0.25, 0.3) is 0 Å². The van der Waals surface area contributed by atoms with E-state index < -0.39 is 17.4 Å². The fourth-order valence-electron chi connectivity index (χ4n) is 1.10. The number of aliphatic carboxylic acids is 1. The Bertz CT molecular complexity index is 391. The maximum atomic E-state index is 11.7. The van der Waals surface area contributed by atoms with Crippen molar-refractivity contribution in [3.05, 3.63) is 30.1 Å². The van der Waals surface area contributed by atoms with Crippen molar-refractivity contribution < 1.29 is 14.7 Å². The summed E-state index contributed by atoms with van der Waals surface area (Å²) in [6, 6.07) is 4.90. The highest BCUT2D eigenvalue weighted by atomic mass is 16.4. The SMILES string of the molecule is CCC(C)(NC(=O)c1ccccn1)C(=O)O. The van der Waals surface area contributed by atoms with E-state index in [4.69, 9.17) is 5.11 Å². The third kappa shape index (κ3) is 2.56. The summed E-state index contributed by atoms with van der Waals surface area (Å²) in [5.74, 6) is -1.54. The number of aromatic nitrogens is 1. The minimum atomic E-state index is -1.26. The molecule has 0 aliphatic heterocycles. The summed E-state index contributed by atoms with van der Waals surface area (Å²) >= 11 is 0. The lowest BCUT2D eigenvalue weighted by Gasteiger charge is -2.24.